The van der Waals surface area contributed by atoms with E-state index in [-0.39, 0.29) is 12.0 Å². The number of aromatic amines is 1. The van der Waals surface area contributed by atoms with Gasteiger partial charge in [-0.05, 0) is 42.4 Å². The molecule has 2 aromatic carbocycles. The molecule has 0 bridgehead atoms. The van der Waals surface area contributed by atoms with Gasteiger partial charge in [-0.3, -0.25) is 10.1 Å². The van der Waals surface area contributed by atoms with Crippen LogP contribution < -0.4 is 14.8 Å². The van der Waals surface area contributed by atoms with Gasteiger partial charge in [0.25, 0.3) is 0 Å². The zero-order chi connectivity index (χ0) is 23.4. The molecule has 0 saturated heterocycles. The van der Waals surface area contributed by atoms with Crippen LogP contribution in [0, 0.1) is 0 Å². The van der Waals surface area contributed by atoms with Crippen LogP contribution in [0.3, 0.4) is 0 Å². The van der Waals surface area contributed by atoms with Crippen molar-refractivity contribution in [1.29, 1.82) is 0 Å². The first-order valence-corrected chi connectivity index (χ1v) is 11.6. The molecule has 4 rings (SSSR count). The van der Waals surface area contributed by atoms with Crippen LogP contribution in [0.15, 0.2) is 42.5 Å². The summed E-state index contributed by atoms with van der Waals surface area (Å²) in [6, 6.07) is 13.5. The van der Waals surface area contributed by atoms with E-state index in [1.54, 1.807) is 7.11 Å². The Kier molecular flexibility index (Phi) is 7.20. The molecule has 176 valence electrons. The highest BCUT2D eigenvalue weighted by Crippen LogP contribution is 2.38. The molecule has 2 N–H and O–H groups in total. The van der Waals surface area contributed by atoms with E-state index < -0.39 is 6.04 Å². The van der Waals surface area contributed by atoms with Crippen molar-refractivity contribution in [2.45, 2.75) is 32.4 Å². The van der Waals surface area contributed by atoms with Crippen molar-refractivity contribution < 1.29 is 19.0 Å². The highest BCUT2D eigenvalue weighted by Gasteiger charge is 2.34. The highest BCUT2D eigenvalue weighted by atomic mass is 16.5. The number of para-hydroxylation sites is 1. The number of rotatable bonds is 9. The number of nitrogens with zero attached hydrogens (tertiary/aromatic N) is 1. The van der Waals surface area contributed by atoms with Crippen molar-refractivity contribution in [2.75, 3.05) is 40.5 Å². The summed E-state index contributed by atoms with van der Waals surface area (Å²) in [6.45, 7) is 7.75. The lowest BCUT2D eigenvalue weighted by atomic mass is 9.90. The van der Waals surface area contributed by atoms with Crippen LogP contribution in [0.4, 0.5) is 0 Å². The van der Waals surface area contributed by atoms with E-state index in [1.807, 2.05) is 30.3 Å². The summed E-state index contributed by atoms with van der Waals surface area (Å²) in [4.78, 5) is 18.3. The van der Waals surface area contributed by atoms with Crippen LogP contribution in [0.25, 0.3) is 10.9 Å². The number of carbonyl (C=O) groups excluding carboxylic acids is 1. The maximum absolute atomic E-state index is 12.5. The van der Waals surface area contributed by atoms with Gasteiger partial charge in [0.1, 0.15) is 12.6 Å². The van der Waals surface area contributed by atoms with Crippen molar-refractivity contribution in [3.8, 4) is 11.5 Å². The molecule has 0 aliphatic carbocycles. The lowest BCUT2D eigenvalue weighted by molar-refractivity contribution is -0.143. The first-order valence-electron chi connectivity index (χ1n) is 11.6. The molecule has 2 unspecified atom stereocenters. The minimum atomic E-state index is -0.428. The van der Waals surface area contributed by atoms with Crippen molar-refractivity contribution in [3.05, 3.63) is 59.3 Å². The molecule has 7 heteroatoms. The van der Waals surface area contributed by atoms with Crippen LogP contribution in [-0.4, -0.2) is 62.4 Å². The maximum atomic E-state index is 12.5. The lowest BCUT2D eigenvalue weighted by Crippen LogP contribution is -2.45. The lowest BCUT2D eigenvalue weighted by Gasteiger charge is -2.30. The molecule has 2 atom stereocenters. The Morgan fingerprint density at radius 1 is 1.09 bits per heavy atom. The molecular weight excluding hydrogens is 418 g/mol. The Morgan fingerprint density at radius 2 is 1.88 bits per heavy atom. The van der Waals surface area contributed by atoms with Crippen LogP contribution in [0.1, 0.15) is 36.7 Å². The fourth-order valence-corrected chi connectivity index (χ4v) is 4.60. The average molecular weight is 452 g/mol. The molecule has 2 heterocycles. The number of carbonyl (C=O) groups is 1. The largest absolute Gasteiger partial charge is 0.493 e. The van der Waals surface area contributed by atoms with Crippen LogP contribution in [-0.2, 0) is 16.0 Å². The molecule has 1 aromatic heterocycles. The van der Waals surface area contributed by atoms with E-state index in [2.05, 4.69) is 41.2 Å². The Labute approximate surface area is 195 Å². The van der Waals surface area contributed by atoms with Gasteiger partial charge in [-0.1, -0.05) is 38.1 Å². The van der Waals surface area contributed by atoms with Crippen molar-refractivity contribution in [2.24, 2.45) is 0 Å². The third kappa shape index (κ3) is 4.70. The number of methoxy groups -OCH3 is 2. The summed E-state index contributed by atoms with van der Waals surface area (Å²) in [5.41, 5.74) is 4.25. The Morgan fingerprint density at radius 3 is 2.61 bits per heavy atom. The molecule has 1 aliphatic rings. The minimum absolute atomic E-state index is 0.205. The fraction of sp³-hybridized carbons (Fsp3) is 0.423. The van der Waals surface area contributed by atoms with Gasteiger partial charge >= 0.3 is 5.97 Å². The summed E-state index contributed by atoms with van der Waals surface area (Å²) in [5, 5.41) is 4.61. The van der Waals surface area contributed by atoms with Crippen LogP contribution >= 0.6 is 0 Å². The quantitative estimate of drug-likeness (QED) is 0.484. The second-order valence-corrected chi connectivity index (χ2v) is 8.23. The topological polar surface area (TPSA) is 75.8 Å². The first kappa shape index (κ1) is 23.1. The number of likely N-dealkylation sites (N-methyl/N-ethyl adjacent to an activating group) is 1. The zero-order valence-electron chi connectivity index (χ0n) is 19.8. The molecule has 1 aliphatic heterocycles. The van der Waals surface area contributed by atoms with Gasteiger partial charge in [0.15, 0.2) is 11.5 Å². The number of nitrogens with one attached hydrogen (secondary N) is 2. The third-order valence-corrected chi connectivity index (χ3v) is 6.48. The number of hydrogen-bond donors (Lipinski definition) is 2. The Hall–Kier alpha value is -3.03. The fourth-order valence-electron chi connectivity index (χ4n) is 4.60. The standard InChI is InChI=1S/C26H33N3O4/c1-5-29(6-2)13-14-33-22-12-11-17(15-23(22)31-3)24-25-19(16-21(28-24)26(30)32-4)18-9-7-8-10-20(18)27-25/h7-12,15,21,24,27-28H,5-6,13-14,16H2,1-4H3. The van der Waals surface area contributed by atoms with E-state index in [1.165, 1.54) is 7.11 Å². The normalized spacial score (nSPS) is 17.7. The van der Waals surface area contributed by atoms with Crippen LogP contribution in [0.5, 0.6) is 11.5 Å². The van der Waals surface area contributed by atoms with Crippen molar-refractivity contribution in [3.63, 3.8) is 0 Å². The van der Waals surface area contributed by atoms with Gasteiger partial charge in [0.05, 0.1) is 20.3 Å². The minimum Gasteiger partial charge on any atom is -0.493 e. The summed E-state index contributed by atoms with van der Waals surface area (Å²) in [5.74, 6) is 1.12. The summed E-state index contributed by atoms with van der Waals surface area (Å²) in [7, 11) is 3.08. The van der Waals surface area contributed by atoms with E-state index in [4.69, 9.17) is 14.2 Å². The van der Waals surface area contributed by atoms with Crippen LogP contribution in [0.2, 0.25) is 0 Å². The smallest absolute Gasteiger partial charge is 0.323 e. The number of aromatic nitrogens is 1. The molecule has 0 amide bonds. The van der Waals surface area contributed by atoms with E-state index in [9.17, 15) is 4.79 Å². The molecule has 3 aromatic rings. The molecule has 33 heavy (non-hydrogen) atoms. The molecule has 0 saturated carbocycles. The summed E-state index contributed by atoms with van der Waals surface area (Å²) >= 11 is 0. The second-order valence-electron chi connectivity index (χ2n) is 8.23. The summed E-state index contributed by atoms with van der Waals surface area (Å²) < 4.78 is 16.8. The van der Waals surface area contributed by atoms with E-state index in [0.29, 0.717) is 24.5 Å². The predicted molar refractivity (Wildman–Crippen MR) is 129 cm³/mol. The number of hydrogen-bond acceptors (Lipinski definition) is 6. The van der Waals surface area contributed by atoms with Crippen molar-refractivity contribution in [1.82, 2.24) is 15.2 Å². The average Bonchev–Trinajstić information content (AvgIpc) is 3.24. The SMILES string of the molecule is CCN(CC)CCOc1ccc(C2NC(C(=O)OC)Cc3c2[nH]c2ccccc32)cc1OC. The monoisotopic (exact) mass is 451 g/mol. The Balaban J connectivity index is 1.65. The Bertz CT molecular complexity index is 1110. The van der Waals surface area contributed by atoms with Gasteiger partial charge < -0.3 is 24.1 Å². The van der Waals surface area contributed by atoms with Gasteiger partial charge in [0, 0.05) is 29.6 Å². The zero-order valence-corrected chi connectivity index (χ0v) is 19.8. The van der Waals surface area contributed by atoms with Gasteiger partial charge in [-0.25, -0.2) is 0 Å². The molecular formula is C26H33N3O4. The predicted octanol–water partition coefficient (Wildman–Crippen LogP) is 3.67. The maximum Gasteiger partial charge on any atom is 0.323 e. The number of fused-ring (bicyclic) bond motifs is 3. The van der Waals surface area contributed by atoms with Crippen molar-refractivity contribution >= 4 is 16.9 Å². The number of ether oxygens (including phenoxy) is 3. The van der Waals surface area contributed by atoms with Gasteiger partial charge in [0.2, 0.25) is 0 Å². The first-order chi connectivity index (χ1) is 16.1. The highest BCUT2D eigenvalue weighted by molar-refractivity contribution is 5.87. The third-order valence-electron chi connectivity index (χ3n) is 6.48. The molecule has 7 nitrogen and oxygen atoms in total. The van der Waals surface area contributed by atoms with E-state index in [0.717, 1.165) is 47.4 Å². The number of benzene rings is 2. The van der Waals surface area contributed by atoms with Gasteiger partial charge in [-0.2, -0.15) is 0 Å². The number of esters is 1. The number of H-pyrrole nitrogens is 1. The molecule has 0 spiro atoms. The molecule has 0 radical (unpaired) electrons. The van der Waals surface area contributed by atoms with E-state index >= 15 is 0 Å². The molecule has 0 fully saturated rings. The van der Waals surface area contributed by atoms with Gasteiger partial charge in [-0.15, -0.1) is 0 Å². The summed E-state index contributed by atoms with van der Waals surface area (Å²) in [6.07, 6.45) is 0.576. The second kappa shape index (κ2) is 10.3.